The third kappa shape index (κ3) is 5.04. The minimum absolute atomic E-state index is 0.144. The van der Waals surface area contributed by atoms with Gasteiger partial charge in [0.15, 0.2) is 0 Å². The first-order chi connectivity index (χ1) is 8.26. The summed E-state index contributed by atoms with van der Waals surface area (Å²) in [7, 11) is 1.48. The molecule has 0 aromatic heterocycles. The van der Waals surface area contributed by atoms with E-state index in [0.29, 0.717) is 12.8 Å². The molecule has 5 nitrogen and oxygen atoms in total. The van der Waals surface area contributed by atoms with E-state index in [-0.39, 0.29) is 18.4 Å². The summed E-state index contributed by atoms with van der Waals surface area (Å²) >= 11 is 0. The van der Waals surface area contributed by atoms with Gasteiger partial charge >= 0.3 is 5.97 Å². The third-order valence-corrected chi connectivity index (χ3v) is 3.22. The number of carboxylic acid groups (broad SMARTS) is 1. The van der Waals surface area contributed by atoms with Gasteiger partial charge in [0.2, 0.25) is 0 Å². The molecule has 0 aliphatic carbocycles. The van der Waals surface area contributed by atoms with E-state index in [9.17, 15) is 9.59 Å². The normalized spacial score (nSPS) is 16.1. The Labute approximate surface area is 109 Å². The number of rotatable bonds is 8. The number of hydrogen-bond acceptors (Lipinski definition) is 3. The maximum atomic E-state index is 11.9. The Balaban J connectivity index is 4.44. The van der Waals surface area contributed by atoms with E-state index >= 15 is 0 Å². The Morgan fingerprint density at radius 1 is 1.39 bits per heavy atom. The van der Waals surface area contributed by atoms with Gasteiger partial charge in [-0.2, -0.15) is 0 Å². The van der Waals surface area contributed by atoms with E-state index < -0.39 is 17.5 Å². The molecule has 0 aliphatic rings. The molecule has 0 heterocycles. The van der Waals surface area contributed by atoms with Crippen LogP contribution in [0.15, 0.2) is 0 Å². The van der Waals surface area contributed by atoms with Gasteiger partial charge in [-0.25, -0.2) is 0 Å². The average Bonchev–Trinajstić information content (AvgIpc) is 2.32. The molecule has 0 aliphatic heterocycles. The minimum Gasteiger partial charge on any atom is -0.481 e. The van der Waals surface area contributed by atoms with E-state index in [1.807, 2.05) is 20.8 Å². The summed E-state index contributed by atoms with van der Waals surface area (Å²) in [5, 5.41) is 11.7. The van der Waals surface area contributed by atoms with Crippen molar-refractivity contribution >= 4 is 11.9 Å². The van der Waals surface area contributed by atoms with Crippen LogP contribution in [0.4, 0.5) is 0 Å². The number of hydrogen-bond donors (Lipinski definition) is 2. The van der Waals surface area contributed by atoms with Gasteiger partial charge in [-0.1, -0.05) is 20.8 Å². The first-order valence-corrected chi connectivity index (χ1v) is 6.33. The van der Waals surface area contributed by atoms with Crippen molar-refractivity contribution in [3.63, 3.8) is 0 Å². The monoisotopic (exact) mass is 259 g/mol. The van der Waals surface area contributed by atoms with Crippen LogP contribution in [0.2, 0.25) is 0 Å². The van der Waals surface area contributed by atoms with Crippen molar-refractivity contribution in [1.82, 2.24) is 5.32 Å². The first kappa shape index (κ1) is 16.9. The standard InChI is InChI=1S/C13H25NO4/c1-6-13(4,18-5)12(17)14-8-10(11(15)16)7-9(2)3/h9-10H,6-8H2,1-5H3,(H,14,17)(H,15,16). The molecule has 0 bridgehead atoms. The van der Waals surface area contributed by atoms with Gasteiger partial charge in [-0.3, -0.25) is 9.59 Å². The van der Waals surface area contributed by atoms with E-state index in [1.54, 1.807) is 6.92 Å². The second-order valence-corrected chi connectivity index (χ2v) is 5.16. The summed E-state index contributed by atoms with van der Waals surface area (Å²) in [6, 6.07) is 0. The molecule has 1 amide bonds. The Hall–Kier alpha value is -1.10. The highest BCUT2D eigenvalue weighted by Crippen LogP contribution is 2.15. The predicted octanol–water partition coefficient (Wildman–Crippen LogP) is 1.66. The van der Waals surface area contributed by atoms with E-state index in [4.69, 9.17) is 9.84 Å². The van der Waals surface area contributed by atoms with Crippen molar-refractivity contribution in [2.24, 2.45) is 11.8 Å². The lowest BCUT2D eigenvalue weighted by Gasteiger charge is -2.26. The average molecular weight is 259 g/mol. The molecule has 0 aromatic rings. The molecule has 0 saturated carbocycles. The van der Waals surface area contributed by atoms with Crippen LogP contribution in [-0.2, 0) is 14.3 Å². The first-order valence-electron chi connectivity index (χ1n) is 6.33. The lowest BCUT2D eigenvalue weighted by molar-refractivity contribution is -0.144. The van der Waals surface area contributed by atoms with Crippen LogP contribution in [0.3, 0.4) is 0 Å². The number of amides is 1. The molecule has 18 heavy (non-hydrogen) atoms. The third-order valence-electron chi connectivity index (χ3n) is 3.22. The highest BCUT2D eigenvalue weighted by molar-refractivity contribution is 5.85. The maximum Gasteiger partial charge on any atom is 0.308 e. The lowest BCUT2D eigenvalue weighted by atomic mass is 9.96. The summed E-state index contributed by atoms with van der Waals surface area (Å²) in [6.45, 7) is 7.61. The Kier molecular flexibility index (Phi) is 6.91. The van der Waals surface area contributed by atoms with Gasteiger partial charge in [0.25, 0.3) is 5.91 Å². The SMILES string of the molecule is CCC(C)(OC)C(=O)NCC(CC(C)C)C(=O)O. The van der Waals surface area contributed by atoms with Crippen LogP contribution in [0, 0.1) is 11.8 Å². The minimum atomic E-state index is -0.888. The van der Waals surface area contributed by atoms with E-state index in [0.717, 1.165) is 0 Å². The number of nitrogens with one attached hydrogen (secondary N) is 1. The van der Waals surface area contributed by atoms with Gasteiger partial charge in [-0.15, -0.1) is 0 Å². The number of ether oxygens (including phenoxy) is 1. The summed E-state index contributed by atoms with van der Waals surface area (Å²) < 4.78 is 5.16. The van der Waals surface area contributed by atoms with Gasteiger partial charge in [0, 0.05) is 13.7 Å². The molecule has 2 N–H and O–H groups in total. The quantitative estimate of drug-likeness (QED) is 0.695. The highest BCUT2D eigenvalue weighted by Gasteiger charge is 2.31. The fraction of sp³-hybridized carbons (Fsp3) is 0.846. The molecule has 5 heteroatoms. The van der Waals surface area contributed by atoms with Crippen LogP contribution in [-0.4, -0.2) is 36.2 Å². The summed E-state index contributed by atoms with van der Waals surface area (Å²) in [5.74, 6) is -1.41. The Morgan fingerprint density at radius 2 is 1.94 bits per heavy atom. The number of aliphatic carboxylic acids is 1. The van der Waals surface area contributed by atoms with Crippen molar-refractivity contribution in [2.75, 3.05) is 13.7 Å². The zero-order valence-corrected chi connectivity index (χ0v) is 11.9. The fourth-order valence-corrected chi connectivity index (χ4v) is 1.64. The zero-order valence-electron chi connectivity index (χ0n) is 11.9. The van der Waals surface area contributed by atoms with Crippen molar-refractivity contribution in [2.45, 2.75) is 46.1 Å². The molecule has 0 saturated heterocycles. The van der Waals surface area contributed by atoms with Crippen molar-refractivity contribution in [1.29, 1.82) is 0 Å². The number of carbonyl (C=O) groups is 2. The van der Waals surface area contributed by atoms with Gasteiger partial charge in [-0.05, 0) is 25.7 Å². The molecule has 2 atom stereocenters. The van der Waals surface area contributed by atoms with Crippen molar-refractivity contribution in [3.8, 4) is 0 Å². The van der Waals surface area contributed by atoms with Gasteiger partial charge in [0.05, 0.1) is 5.92 Å². The lowest BCUT2D eigenvalue weighted by Crippen LogP contribution is -2.47. The number of carbonyl (C=O) groups excluding carboxylic acids is 1. The molecule has 0 aromatic carbocycles. The highest BCUT2D eigenvalue weighted by atomic mass is 16.5. The molecule has 0 spiro atoms. The van der Waals surface area contributed by atoms with Gasteiger partial charge < -0.3 is 15.2 Å². The van der Waals surface area contributed by atoms with Crippen LogP contribution >= 0.6 is 0 Å². The number of carboxylic acids is 1. The van der Waals surface area contributed by atoms with Crippen molar-refractivity contribution < 1.29 is 19.4 Å². The molecule has 0 radical (unpaired) electrons. The van der Waals surface area contributed by atoms with Crippen LogP contribution < -0.4 is 5.32 Å². The Morgan fingerprint density at radius 3 is 2.28 bits per heavy atom. The molecule has 2 unspecified atom stereocenters. The largest absolute Gasteiger partial charge is 0.481 e. The zero-order chi connectivity index (χ0) is 14.3. The summed E-state index contributed by atoms with van der Waals surface area (Å²) in [4.78, 5) is 23.0. The molecule has 0 rings (SSSR count). The van der Waals surface area contributed by atoms with Crippen LogP contribution in [0.5, 0.6) is 0 Å². The second-order valence-electron chi connectivity index (χ2n) is 5.16. The van der Waals surface area contributed by atoms with Gasteiger partial charge in [0.1, 0.15) is 5.60 Å². The topological polar surface area (TPSA) is 75.6 Å². The molecular formula is C13H25NO4. The van der Waals surface area contributed by atoms with Crippen LogP contribution in [0.25, 0.3) is 0 Å². The molecule has 0 fully saturated rings. The summed E-state index contributed by atoms with van der Waals surface area (Å²) in [6.07, 6.45) is 1.09. The molecule has 106 valence electrons. The Bertz CT molecular complexity index is 285. The van der Waals surface area contributed by atoms with E-state index in [1.165, 1.54) is 7.11 Å². The summed E-state index contributed by atoms with van der Waals surface area (Å²) in [5.41, 5.74) is -0.888. The predicted molar refractivity (Wildman–Crippen MR) is 69.3 cm³/mol. The second kappa shape index (κ2) is 7.36. The molecular weight excluding hydrogens is 234 g/mol. The fourth-order valence-electron chi connectivity index (χ4n) is 1.64. The number of methoxy groups -OCH3 is 1. The maximum absolute atomic E-state index is 11.9. The van der Waals surface area contributed by atoms with Crippen LogP contribution in [0.1, 0.15) is 40.5 Å². The van der Waals surface area contributed by atoms with E-state index in [2.05, 4.69) is 5.32 Å². The van der Waals surface area contributed by atoms with Crippen molar-refractivity contribution in [3.05, 3.63) is 0 Å². The smallest absolute Gasteiger partial charge is 0.308 e.